The van der Waals surface area contributed by atoms with Crippen LogP contribution in [0.15, 0.2) is 0 Å². The molecule has 0 amide bonds. The average Bonchev–Trinajstić information content (AvgIpc) is 2.87. The first-order chi connectivity index (χ1) is 17.2. The molecule has 0 aromatic carbocycles. The van der Waals surface area contributed by atoms with E-state index in [0.717, 1.165) is 19.3 Å². The van der Waals surface area contributed by atoms with Crippen LogP contribution in [0.4, 0.5) is 0 Å². The van der Waals surface area contributed by atoms with Crippen LogP contribution in [0.1, 0.15) is 168 Å². The first kappa shape index (κ1) is 34.4. The van der Waals surface area contributed by atoms with Crippen LogP contribution >= 0.6 is 0 Å². The monoisotopic (exact) mass is 498 g/mol. The number of unbranched alkanes of at least 4 members (excludes halogenated alkanes) is 21. The fraction of sp³-hybridized carbons (Fsp3) is 0.968. The number of aliphatic hydroxyl groups excluding tert-OH is 1. The Hall–Kier alpha value is -0.610. The molecule has 0 saturated carbocycles. The van der Waals surface area contributed by atoms with Gasteiger partial charge >= 0.3 is 5.97 Å². The van der Waals surface area contributed by atoms with Crippen molar-refractivity contribution in [1.82, 2.24) is 0 Å². The molecule has 0 heterocycles. The summed E-state index contributed by atoms with van der Waals surface area (Å²) in [6, 6.07) is 0. The third kappa shape index (κ3) is 27.8. The lowest BCUT2D eigenvalue weighted by atomic mass is 10.0. The van der Waals surface area contributed by atoms with Crippen molar-refractivity contribution in [2.45, 2.75) is 174 Å². The smallest absolute Gasteiger partial charge is 0.305 e. The fourth-order valence-corrected chi connectivity index (χ4v) is 4.54. The van der Waals surface area contributed by atoms with Gasteiger partial charge in [-0.15, -0.1) is 0 Å². The Labute approximate surface area is 219 Å². The van der Waals surface area contributed by atoms with Crippen molar-refractivity contribution in [2.24, 2.45) is 0 Å². The third-order valence-corrected chi connectivity index (χ3v) is 6.97. The summed E-state index contributed by atoms with van der Waals surface area (Å²) in [5.41, 5.74) is 0. The van der Waals surface area contributed by atoms with E-state index in [9.17, 15) is 9.90 Å². The van der Waals surface area contributed by atoms with E-state index in [4.69, 9.17) is 9.47 Å². The van der Waals surface area contributed by atoms with Gasteiger partial charge in [0.15, 0.2) is 0 Å². The number of hydrogen-bond donors (Lipinski definition) is 1. The zero-order valence-corrected chi connectivity index (χ0v) is 23.8. The molecule has 0 aliphatic heterocycles. The SMILES string of the molecule is CCCCCCCCCCCCCCCCCCCCOC(CO)COC(=O)CCCCCCC. The molecule has 0 saturated heterocycles. The maximum absolute atomic E-state index is 11.8. The van der Waals surface area contributed by atoms with E-state index in [2.05, 4.69) is 13.8 Å². The Balaban J connectivity index is 3.32. The second kappa shape index (κ2) is 29.6. The Morgan fingerprint density at radius 1 is 0.571 bits per heavy atom. The molecule has 35 heavy (non-hydrogen) atoms. The summed E-state index contributed by atoms with van der Waals surface area (Å²) in [5.74, 6) is -0.170. The number of carbonyl (C=O) groups is 1. The summed E-state index contributed by atoms with van der Waals surface area (Å²) in [5, 5.41) is 9.45. The van der Waals surface area contributed by atoms with Crippen LogP contribution in [0, 0.1) is 0 Å². The molecule has 0 fully saturated rings. The van der Waals surface area contributed by atoms with E-state index in [1.807, 2.05) is 0 Å². The molecule has 0 rings (SSSR count). The van der Waals surface area contributed by atoms with Gasteiger partial charge < -0.3 is 14.6 Å². The van der Waals surface area contributed by atoms with Crippen LogP contribution in [-0.4, -0.2) is 37.0 Å². The van der Waals surface area contributed by atoms with Gasteiger partial charge in [-0.05, 0) is 12.8 Å². The standard InChI is InChI=1S/C31H62O4/c1-3-5-7-9-10-11-12-13-14-15-16-17-18-19-20-21-23-25-27-34-30(28-32)29-35-31(33)26-24-22-8-6-4-2/h30,32H,3-29H2,1-2H3. The molecule has 0 aromatic rings. The van der Waals surface area contributed by atoms with E-state index in [-0.39, 0.29) is 25.3 Å². The van der Waals surface area contributed by atoms with Crippen LogP contribution in [0.3, 0.4) is 0 Å². The van der Waals surface area contributed by atoms with Crippen molar-refractivity contribution in [3.8, 4) is 0 Å². The molecule has 0 spiro atoms. The van der Waals surface area contributed by atoms with Gasteiger partial charge in [0, 0.05) is 13.0 Å². The van der Waals surface area contributed by atoms with Crippen molar-refractivity contribution >= 4 is 5.97 Å². The third-order valence-electron chi connectivity index (χ3n) is 6.97. The van der Waals surface area contributed by atoms with Gasteiger partial charge in [-0.3, -0.25) is 4.79 Å². The van der Waals surface area contributed by atoms with Gasteiger partial charge in [0.25, 0.3) is 0 Å². The highest BCUT2D eigenvalue weighted by Crippen LogP contribution is 2.14. The van der Waals surface area contributed by atoms with Crippen molar-refractivity contribution < 1.29 is 19.4 Å². The zero-order chi connectivity index (χ0) is 25.7. The molecule has 1 atom stereocenters. The van der Waals surface area contributed by atoms with Crippen LogP contribution in [0.5, 0.6) is 0 Å². The van der Waals surface area contributed by atoms with Gasteiger partial charge in [-0.1, -0.05) is 149 Å². The first-order valence-electron chi connectivity index (χ1n) is 15.6. The number of rotatable bonds is 29. The van der Waals surface area contributed by atoms with Gasteiger partial charge in [0.2, 0.25) is 0 Å². The molecule has 0 radical (unpaired) electrons. The molecular formula is C31H62O4. The molecule has 0 aliphatic carbocycles. The molecule has 0 aliphatic rings. The zero-order valence-electron chi connectivity index (χ0n) is 23.8. The van der Waals surface area contributed by atoms with Gasteiger partial charge in [-0.2, -0.15) is 0 Å². The highest BCUT2D eigenvalue weighted by atomic mass is 16.6. The summed E-state index contributed by atoms with van der Waals surface area (Å²) < 4.78 is 11.0. The molecule has 4 heteroatoms. The number of carbonyl (C=O) groups excluding carboxylic acids is 1. The summed E-state index contributed by atoms with van der Waals surface area (Å²) >= 11 is 0. The number of aliphatic hydroxyl groups is 1. The molecule has 1 unspecified atom stereocenters. The summed E-state index contributed by atoms with van der Waals surface area (Å²) in [6.45, 7) is 5.18. The second-order valence-electron chi connectivity index (χ2n) is 10.5. The highest BCUT2D eigenvalue weighted by Gasteiger charge is 2.11. The predicted molar refractivity (Wildman–Crippen MR) is 150 cm³/mol. The van der Waals surface area contributed by atoms with Gasteiger partial charge in [0.05, 0.1) is 6.61 Å². The number of esters is 1. The van der Waals surface area contributed by atoms with Crippen molar-refractivity contribution in [1.29, 1.82) is 0 Å². The van der Waals surface area contributed by atoms with Crippen LogP contribution < -0.4 is 0 Å². The minimum Gasteiger partial charge on any atom is -0.463 e. The lowest BCUT2D eigenvalue weighted by Gasteiger charge is -2.15. The van der Waals surface area contributed by atoms with Crippen molar-refractivity contribution in [3.63, 3.8) is 0 Å². The average molecular weight is 499 g/mol. The van der Waals surface area contributed by atoms with E-state index in [0.29, 0.717) is 13.0 Å². The quantitative estimate of drug-likeness (QED) is 0.0824. The van der Waals surface area contributed by atoms with Crippen molar-refractivity contribution in [3.05, 3.63) is 0 Å². The van der Waals surface area contributed by atoms with Crippen LogP contribution in [-0.2, 0) is 14.3 Å². The van der Waals surface area contributed by atoms with Gasteiger partial charge in [-0.25, -0.2) is 0 Å². The van der Waals surface area contributed by atoms with E-state index >= 15 is 0 Å². The normalized spacial score (nSPS) is 12.2. The van der Waals surface area contributed by atoms with Gasteiger partial charge in [0.1, 0.15) is 12.7 Å². The number of ether oxygens (including phenoxy) is 2. The van der Waals surface area contributed by atoms with E-state index in [1.54, 1.807) is 0 Å². The summed E-state index contributed by atoms with van der Waals surface area (Å²) in [6.07, 6.45) is 30.3. The minimum atomic E-state index is -0.384. The molecule has 0 aromatic heterocycles. The fourth-order valence-electron chi connectivity index (χ4n) is 4.54. The first-order valence-corrected chi connectivity index (χ1v) is 15.6. The Morgan fingerprint density at radius 3 is 1.34 bits per heavy atom. The molecule has 4 nitrogen and oxygen atoms in total. The largest absolute Gasteiger partial charge is 0.463 e. The van der Waals surface area contributed by atoms with Crippen LogP contribution in [0.25, 0.3) is 0 Å². The van der Waals surface area contributed by atoms with Crippen molar-refractivity contribution in [2.75, 3.05) is 19.8 Å². The molecule has 210 valence electrons. The Kier molecular flexibility index (Phi) is 29.1. The summed E-state index contributed by atoms with van der Waals surface area (Å²) in [4.78, 5) is 11.8. The van der Waals surface area contributed by atoms with E-state index in [1.165, 1.54) is 128 Å². The second-order valence-corrected chi connectivity index (χ2v) is 10.5. The maximum atomic E-state index is 11.8. The lowest BCUT2D eigenvalue weighted by molar-refractivity contribution is -0.149. The maximum Gasteiger partial charge on any atom is 0.305 e. The minimum absolute atomic E-state index is 0.0944. The molecule has 1 N–H and O–H groups in total. The Morgan fingerprint density at radius 2 is 0.943 bits per heavy atom. The summed E-state index contributed by atoms with van der Waals surface area (Å²) in [7, 11) is 0. The predicted octanol–water partition coefficient (Wildman–Crippen LogP) is 9.31. The van der Waals surface area contributed by atoms with E-state index < -0.39 is 0 Å². The molecule has 0 bridgehead atoms. The highest BCUT2D eigenvalue weighted by molar-refractivity contribution is 5.69. The molecular weight excluding hydrogens is 436 g/mol. The Bertz CT molecular complexity index is 413. The van der Waals surface area contributed by atoms with Crippen LogP contribution in [0.2, 0.25) is 0 Å². The topological polar surface area (TPSA) is 55.8 Å². The number of hydrogen-bond acceptors (Lipinski definition) is 4. The lowest BCUT2D eigenvalue weighted by Crippen LogP contribution is -2.26.